The van der Waals surface area contributed by atoms with Crippen LogP contribution in [0.1, 0.15) is 32.6 Å². The van der Waals surface area contributed by atoms with Gasteiger partial charge in [-0.15, -0.1) is 0 Å². The molecule has 2 N–H and O–H groups in total. The van der Waals surface area contributed by atoms with E-state index in [9.17, 15) is 8.42 Å². The lowest BCUT2D eigenvalue weighted by Crippen LogP contribution is -2.23. The van der Waals surface area contributed by atoms with E-state index in [1.807, 2.05) is 6.07 Å². The molecule has 1 atom stereocenters. The molecular formula is C9H18N2O2S. The predicted octanol–water partition coefficient (Wildman–Crippen LogP) is 0.832. The first-order chi connectivity index (χ1) is 6.54. The van der Waals surface area contributed by atoms with Gasteiger partial charge in [0.25, 0.3) is 0 Å². The van der Waals surface area contributed by atoms with Crippen LogP contribution >= 0.6 is 0 Å². The van der Waals surface area contributed by atoms with Crippen LogP contribution in [0.5, 0.6) is 0 Å². The van der Waals surface area contributed by atoms with Gasteiger partial charge in [-0.1, -0.05) is 0 Å². The molecule has 0 spiro atoms. The summed E-state index contributed by atoms with van der Waals surface area (Å²) in [6.07, 6.45) is 2.18. The maximum absolute atomic E-state index is 11.5. The van der Waals surface area contributed by atoms with Crippen LogP contribution in [0.4, 0.5) is 0 Å². The quantitative estimate of drug-likeness (QED) is 0.641. The summed E-state index contributed by atoms with van der Waals surface area (Å²) >= 11 is 0. The van der Waals surface area contributed by atoms with E-state index in [-0.39, 0.29) is 11.0 Å². The summed E-state index contributed by atoms with van der Waals surface area (Å²) in [7, 11) is -2.99. The van der Waals surface area contributed by atoms with Crippen molar-refractivity contribution in [2.45, 2.75) is 37.9 Å². The third kappa shape index (κ3) is 5.20. The zero-order chi connectivity index (χ0) is 11.0. The Labute approximate surface area is 86.0 Å². The van der Waals surface area contributed by atoms with E-state index in [0.29, 0.717) is 32.2 Å². The molecule has 0 saturated carbocycles. The maximum Gasteiger partial charge on any atom is 0.152 e. The number of nitriles is 1. The molecule has 1 unspecified atom stereocenters. The average molecular weight is 218 g/mol. The smallest absolute Gasteiger partial charge is 0.152 e. The van der Waals surface area contributed by atoms with Crippen molar-refractivity contribution < 1.29 is 8.42 Å². The van der Waals surface area contributed by atoms with Crippen molar-refractivity contribution in [2.75, 3.05) is 12.3 Å². The Bertz CT molecular complexity index is 280. The van der Waals surface area contributed by atoms with Crippen LogP contribution in [0.3, 0.4) is 0 Å². The summed E-state index contributed by atoms with van der Waals surface area (Å²) in [5.74, 6) is 0.176. The van der Waals surface area contributed by atoms with E-state index < -0.39 is 9.84 Å². The highest BCUT2D eigenvalue weighted by Gasteiger charge is 2.18. The normalized spacial score (nSPS) is 13.5. The number of hydrogen-bond donors (Lipinski definition) is 1. The lowest BCUT2D eigenvalue weighted by molar-refractivity contribution is 0.574. The van der Waals surface area contributed by atoms with Crippen molar-refractivity contribution >= 4 is 9.84 Å². The molecule has 0 bridgehead atoms. The minimum Gasteiger partial charge on any atom is -0.330 e. The van der Waals surface area contributed by atoms with Crippen LogP contribution in [0.15, 0.2) is 0 Å². The molecule has 82 valence electrons. The van der Waals surface area contributed by atoms with Crippen molar-refractivity contribution in [3.8, 4) is 6.07 Å². The second-order valence-electron chi connectivity index (χ2n) is 3.37. The molecule has 0 aromatic rings. The summed E-state index contributed by atoms with van der Waals surface area (Å²) in [6.45, 7) is 2.09. The van der Waals surface area contributed by atoms with Crippen molar-refractivity contribution in [1.29, 1.82) is 5.26 Å². The van der Waals surface area contributed by atoms with Crippen LogP contribution in [0.2, 0.25) is 0 Å². The van der Waals surface area contributed by atoms with Crippen molar-refractivity contribution in [1.82, 2.24) is 0 Å². The van der Waals surface area contributed by atoms with Gasteiger partial charge in [0.05, 0.1) is 17.1 Å². The van der Waals surface area contributed by atoms with Crippen molar-refractivity contribution in [3.63, 3.8) is 0 Å². The van der Waals surface area contributed by atoms with Gasteiger partial charge in [-0.2, -0.15) is 5.26 Å². The molecule has 0 heterocycles. The molecule has 0 aliphatic rings. The number of hydrogen-bond acceptors (Lipinski definition) is 4. The number of nitrogens with zero attached hydrogens (tertiary/aromatic N) is 1. The first-order valence-electron chi connectivity index (χ1n) is 4.83. The molecule has 0 fully saturated rings. The summed E-state index contributed by atoms with van der Waals surface area (Å²) in [5.41, 5.74) is 5.29. The Hall–Kier alpha value is -0.600. The maximum atomic E-state index is 11.5. The molecule has 0 rings (SSSR count). The van der Waals surface area contributed by atoms with E-state index in [2.05, 4.69) is 0 Å². The number of unbranched alkanes of at least 4 members (excludes halogenated alkanes) is 2. The van der Waals surface area contributed by atoms with Crippen molar-refractivity contribution in [3.05, 3.63) is 0 Å². The topological polar surface area (TPSA) is 84.0 Å². The zero-order valence-electron chi connectivity index (χ0n) is 8.57. The second-order valence-corrected chi connectivity index (χ2v) is 5.91. The van der Waals surface area contributed by atoms with Gasteiger partial charge in [-0.25, -0.2) is 8.42 Å². The molecule has 0 aromatic carbocycles. The van der Waals surface area contributed by atoms with Gasteiger partial charge in [0.15, 0.2) is 9.84 Å². The van der Waals surface area contributed by atoms with Crippen molar-refractivity contribution in [2.24, 2.45) is 5.73 Å². The highest BCUT2D eigenvalue weighted by atomic mass is 32.2. The van der Waals surface area contributed by atoms with Gasteiger partial charge in [-0.05, 0) is 32.7 Å². The molecule has 5 heteroatoms. The highest BCUT2D eigenvalue weighted by Crippen LogP contribution is 2.08. The Balaban J connectivity index is 3.90. The standard InChI is InChI=1S/C9H18N2O2S/c1-9(5-7-11)14(12,13)8-4-2-3-6-10/h9H,2-5,7-8,11H2,1H3. The molecule has 0 aliphatic carbocycles. The second kappa shape index (κ2) is 6.80. The minimum atomic E-state index is -2.99. The molecule has 0 aromatic heterocycles. The summed E-state index contributed by atoms with van der Waals surface area (Å²) in [5, 5.41) is 7.92. The van der Waals surface area contributed by atoms with E-state index in [1.165, 1.54) is 0 Å². The fourth-order valence-corrected chi connectivity index (χ4v) is 2.63. The predicted molar refractivity (Wildman–Crippen MR) is 56.4 cm³/mol. The Morgan fingerprint density at radius 2 is 2.07 bits per heavy atom. The first kappa shape index (κ1) is 13.4. The lowest BCUT2D eigenvalue weighted by atomic mass is 10.3. The first-order valence-corrected chi connectivity index (χ1v) is 6.54. The molecule has 0 aliphatic heterocycles. The monoisotopic (exact) mass is 218 g/mol. The number of rotatable bonds is 7. The molecule has 14 heavy (non-hydrogen) atoms. The summed E-state index contributed by atoms with van der Waals surface area (Å²) in [6, 6.07) is 1.99. The fourth-order valence-electron chi connectivity index (χ4n) is 1.12. The Morgan fingerprint density at radius 1 is 1.43 bits per heavy atom. The van der Waals surface area contributed by atoms with Crippen LogP contribution < -0.4 is 5.73 Å². The van der Waals surface area contributed by atoms with Crippen LogP contribution in [0, 0.1) is 11.3 Å². The molecular weight excluding hydrogens is 200 g/mol. The van der Waals surface area contributed by atoms with E-state index in [0.717, 1.165) is 0 Å². The number of sulfone groups is 1. The van der Waals surface area contributed by atoms with Gasteiger partial charge >= 0.3 is 0 Å². The SMILES string of the molecule is CC(CCN)S(=O)(=O)CCCCC#N. The van der Waals surface area contributed by atoms with Gasteiger partial charge in [0.1, 0.15) is 0 Å². The van der Waals surface area contributed by atoms with E-state index in [4.69, 9.17) is 11.0 Å². The largest absolute Gasteiger partial charge is 0.330 e. The average Bonchev–Trinajstić information content (AvgIpc) is 2.13. The summed E-state index contributed by atoms with van der Waals surface area (Å²) in [4.78, 5) is 0. The molecule has 4 nitrogen and oxygen atoms in total. The Morgan fingerprint density at radius 3 is 2.57 bits per heavy atom. The van der Waals surface area contributed by atoms with Crippen LogP contribution in [-0.2, 0) is 9.84 Å². The fraction of sp³-hybridized carbons (Fsp3) is 0.889. The molecule has 0 radical (unpaired) electrons. The number of nitrogens with two attached hydrogens (primary N) is 1. The summed E-state index contributed by atoms with van der Waals surface area (Å²) < 4.78 is 23.1. The highest BCUT2D eigenvalue weighted by molar-refractivity contribution is 7.91. The van der Waals surface area contributed by atoms with E-state index >= 15 is 0 Å². The molecule has 0 amide bonds. The van der Waals surface area contributed by atoms with Gasteiger partial charge in [0, 0.05) is 6.42 Å². The van der Waals surface area contributed by atoms with Gasteiger partial charge in [0.2, 0.25) is 0 Å². The van der Waals surface area contributed by atoms with Crippen LogP contribution in [-0.4, -0.2) is 26.0 Å². The molecule has 0 saturated heterocycles. The third-order valence-electron chi connectivity index (χ3n) is 2.15. The van der Waals surface area contributed by atoms with Crippen LogP contribution in [0.25, 0.3) is 0 Å². The third-order valence-corrected chi connectivity index (χ3v) is 4.47. The van der Waals surface area contributed by atoms with E-state index in [1.54, 1.807) is 6.92 Å². The van der Waals surface area contributed by atoms with Gasteiger partial charge < -0.3 is 5.73 Å². The minimum absolute atomic E-state index is 0.176. The zero-order valence-corrected chi connectivity index (χ0v) is 9.39. The Kier molecular flexibility index (Phi) is 6.50. The van der Waals surface area contributed by atoms with Gasteiger partial charge in [-0.3, -0.25) is 0 Å². The lowest BCUT2D eigenvalue weighted by Gasteiger charge is -2.10.